The molecular weight excluding hydrogens is 314 g/mol. The van der Waals surface area contributed by atoms with Crippen LogP contribution in [-0.2, 0) is 10.5 Å². The maximum absolute atomic E-state index is 13.3. The Bertz CT molecular complexity index is 793. The van der Waals surface area contributed by atoms with Gasteiger partial charge in [-0.3, -0.25) is 9.69 Å². The van der Waals surface area contributed by atoms with Crippen LogP contribution in [0.25, 0.3) is 0 Å². The fraction of sp³-hybridized carbons (Fsp3) is 0.250. The summed E-state index contributed by atoms with van der Waals surface area (Å²) < 4.78 is 0. The maximum atomic E-state index is 13.3. The van der Waals surface area contributed by atoms with Gasteiger partial charge in [-0.05, 0) is 24.6 Å². The molecule has 2 aromatic carbocycles. The summed E-state index contributed by atoms with van der Waals surface area (Å²) in [5.74, 6) is -0.0794. The van der Waals surface area contributed by atoms with Gasteiger partial charge >= 0.3 is 0 Å². The van der Waals surface area contributed by atoms with E-state index >= 15 is 0 Å². The first-order chi connectivity index (χ1) is 11.3. The van der Waals surface area contributed by atoms with Crippen LogP contribution in [0.1, 0.15) is 12.5 Å². The van der Waals surface area contributed by atoms with Gasteiger partial charge in [0.2, 0.25) is 0 Å². The van der Waals surface area contributed by atoms with Crippen LogP contribution in [0.15, 0.2) is 71.4 Å². The van der Waals surface area contributed by atoms with Crippen molar-refractivity contribution < 1.29 is 9.90 Å². The van der Waals surface area contributed by atoms with E-state index in [-0.39, 0.29) is 5.91 Å². The van der Waals surface area contributed by atoms with Crippen molar-refractivity contribution in [3.63, 3.8) is 0 Å². The second-order valence-corrected chi connectivity index (χ2v) is 12.3. The largest absolute Gasteiger partial charge is 0.363 e. The Balaban J connectivity index is 2.28. The van der Waals surface area contributed by atoms with E-state index in [0.717, 1.165) is 10.8 Å². The van der Waals surface area contributed by atoms with Gasteiger partial charge < -0.3 is 5.11 Å². The molecule has 4 heteroatoms. The number of benzene rings is 2. The van der Waals surface area contributed by atoms with Gasteiger partial charge in [-0.2, -0.15) is 0 Å². The van der Waals surface area contributed by atoms with Crippen molar-refractivity contribution in [1.82, 2.24) is 0 Å². The zero-order valence-corrected chi connectivity index (χ0v) is 15.6. The van der Waals surface area contributed by atoms with Crippen molar-refractivity contribution in [2.75, 3.05) is 4.90 Å². The van der Waals surface area contributed by atoms with Crippen LogP contribution in [0.4, 0.5) is 5.69 Å². The highest BCUT2D eigenvalue weighted by molar-refractivity contribution is 6.88. The predicted octanol–water partition coefficient (Wildman–Crippen LogP) is 4.07. The second kappa shape index (κ2) is 5.72. The molecule has 0 spiro atoms. The van der Waals surface area contributed by atoms with E-state index in [1.165, 1.54) is 0 Å². The molecule has 1 heterocycles. The number of nitrogens with zero attached hydrogens (tertiary/aromatic N) is 1. The van der Waals surface area contributed by atoms with Gasteiger partial charge in [0.25, 0.3) is 5.91 Å². The molecule has 1 unspecified atom stereocenters. The number of para-hydroxylation sites is 1. The quantitative estimate of drug-likeness (QED) is 0.858. The van der Waals surface area contributed by atoms with Crippen molar-refractivity contribution in [3.8, 4) is 0 Å². The normalized spacial score (nSPS) is 21.5. The predicted molar refractivity (Wildman–Crippen MR) is 100 cm³/mol. The maximum Gasteiger partial charge on any atom is 0.253 e. The minimum absolute atomic E-state index is 0.0794. The topological polar surface area (TPSA) is 40.5 Å². The summed E-state index contributed by atoms with van der Waals surface area (Å²) in [6.45, 7) is 8.32. The third kappa shape index (κ3) is 2.43. The lowest BCUT2D eigenvalue weighted by molar-refractivity contribution is -0.116. The van der Waals surface area contributed by atoms with Gasteiger partial charge in [0.05, 0.1) is 8.07 Å². The summed E-state index contributed by atoms with van der Waals surface area (Å²) >= 11 is 0. The molecule has 0 saturated heterocycles. The van der Waals surface area contributed by atoms with Gasteiger partial charge in [-0.15, -0.1) is 0 Å². The Morgan fingerprint density at radius 1 is 0.917 bits per heavy atom. The lowest BCUT2D eigenvalue weighted by atomic mass is 9.96. The van der Waals surface area contributed by atoms with E-state index in [2.05, 4.69) is 19.6 Å². The number of amides is 1. The molecule has 3 nitrogen and oxygen atoms in total. The van der Waals surface area contributed by atoms with Crippen molar-refractivity contribution in [1.29, 1.82) is 0 Å². The lowest BCUT2D eigenvalue weighted by Crippen LogP contribution is -2.46. The third-order valence-electron chi connectivity index (χ3n) is 4.58. The number of aliphatic hydroxyl groups is 1. The van der Waals surface area contributed by atoms with E-state index in [1.54, 1.807) is 4.90 Å². The zero-order chi connectivity index (χ0) is 17.5. The molecule has 1 aliphatic rings. The van der Waals surface area contributed by atoms with Gasteiger partial charge in [0.15, 0.2) is 5.72 Å². The molecule has 0 aromatic heterocycles. The highest BCUT2D eigenvalue weighted by atomic mass is 28.3. The van der Waals surface area contributed by atoms with Crippen molar-refractivity contribution >= 4 is 19.7 Å². The molecule has 24 heavy (non-hydrogen) atoms. The molecule has 3 rings (SSSR count). The highest BCUT2D eigenvalue weighted by Crippen LogP contribution is 2.46. The van der Waals surface area contributed by atoms with E-state index in [0.29, 0.717) is 11.3 Å². The van der Waals surface area contributed by atoms with Gasteiger partial charge in [0, 0.05) is 16.4 Å². The van der Waals surface area contributed by atoms with Crippen LogP contribution in [0.3, 0.4) is 0 Å². The van der Waals surface area contributed by atoms with Crippen LogP contribution in [0, 0.1) is 0 Å². The van der Waals surface area contributed by atoms with E-state index < -0.39 is 13.8 Å². The summed E-state index contributed by atoms with van der Waals surface area (Å²) in [7, 11) is -1.92. The summed E-state index contributed by atoms with van der Waals surface area (Å²) in [5.41, 5.74) is 0.742. The number of carbonyl (C=O) groups is 1. The number of anilines is 1. The van der Waals surface area contributed by atoms with E-state index in [4.69, 9.17) is 0 Å². The summed E-state index contributed by atoms with van der Waals surface area (Å²) in [6.07, 6.45) is 0. The molecule has 0 radical (unpaired) electrons. The standard InChI is InChI=1S/C20H23NO2Si/c1-15-18(24(2,3)4)19(22)21(17-13-9-6-10-14-17)20(15,23)16-11-7-5-8-12-16/h5-14,23H,1-4H3. The monoisotopic (exact) mass is 337 g/mol. The summed E-state index contributed by atoms with van der Waals surface area (Å²) in [5, 5.41) is 12.5. The molecule has 0 fully saturated rings. The van der Waals surface area contributed by atoms with Crippen LogP contribution in [0.5, 0.6) is 0 Å². The average molecular weight is 337 g/mol. The first kappa shape index (κ1) is 16.7. The smallest absolute Gasteiger partial charge is 0.253 e. The number of carbonyl (C=O) groups excluding carboxylic acids is 1. The van der Waals surface area contributed by atoms with Crippen LogP contribution in [0.2, 0.25) is 19.6 Å². The minimum Gasteiger partial charge on any atom is -0.363 e. The molecule has 1 aliphatic heterocycles. The SMILES string of the molecule is CC1=C([Si](C)(C)C)C(=O)N(c2ccccc2)C1(O)c1ccccc1. The second-order valence-electron chi connectivity index (χ2n) is 7.26. The molecule has 124 valence electrons. The van der Waals surface area contributed by atoms with E-state index in [1.807, 2.05) is 67.6 Å². The summed E-state index contributed by atoms with van der Waals surface area (Å²) in [4.78, 5) is 14.8. The van der Waals surface area contributed by atoms with Crippen LogP contribution < -0.4 is 4.90 Å². The lowest BCUT2D eigenvalue weighted by Gasteiger charge is -2.36. The van der Waals surface area contributed by atoms with Gasteiger partial charge in [-0.1, -0.05) is 68.2 Å². The molecule has 1 amide bonds. The molecule has 1 N–H and O–H groups in total. The Hall–Kier alpha value is -2.17. The highest BCUT2D eigenvalue weighted by Gasteiger charge is 2.53. The summed E-state index contributed by atoms with van der Waals surface area (Å²) in [6, 6.07) is 18.9. The Morgan fingerprint density at radius 2 is 1.42 bits per heavy atom. The van der Waals surface area contributed by atoms with Crippen molar-refractivity contribution in [3.05, 3.63) is 77.0 Å². The van der Waals surface area contributed by atoms with Crippen LogP contribution in [-0.4, -0.2) is 19.1 Å². The first-order valence-electron chi connectivity index (χ1n) is 8.17. The van der Waals surface area contributed by atoms with Crippen LogP contribution >= 0.6 is 0 Å². The van der Waals surface area contributed by atoms with E-state index in [9.17, 15) is 9.90 Å². The number of hydrogen-bond acceptors (Lipinski definition) is 2. The average Bonchev–Trinajstić information content (AvgIpc) is 2.76. The van der Waals surface area contributed by atoms with Gasteiger partial charge in [0.1, 0.15) is 0 Å². The fourth-order valence-electron chi connectivity index (χ4n) is 3.54. The molecule has 0 saturated carbocycles. The Kier molecular flexibility index (Phi) is 3.98. The molecule has 1 atom stereocenters. The van der Waals surface area contributed by atoms with Crippen molar-refractivity contribution in [2.45, 2.75) is 32.3 Å². The van der Waals surface area contributed by atoms with Crippen molar-refractivity contribution in [2.24, 2.45) is 0 Å². The molecule has 2 aromatic rings. The third-order valence-corrected chi connectivity index (χ3v) is 6.67. The Labute approximate surface area is 144 Å². The Morgan fingerprint density at radius 3 is 1.92 bits per heavy atom. The molecule has 0 aliphatic carbocycles. The number of rotatable bonds is 3. The van der Waals surface area contributed by atoms with Gasteiger partial charge in [-0.25, -0.2) is 0 Å². The number of hydrogen-bond donors (Lipinski definition) is 1. The zero-order valence-electron chi connectivity index (χ0n) is 14.6. The first-order valence-corrected chi connectivity index (χ1v) is 11.7. The molecule has 0 bridgehead atoms. The minimum atomic E-state index is -1.92. The fourth-order valence-corrected chi connectivity index (χ4v) is 5.59. The molecular formula is C20H23NO2Si.